The Kier molecular flexibility index (Phi) is 9.89. The zero-order valence-electron chi connectivity index (χ0n) is 23.3. The van der Waals surface area contributed by atoms with Crippen LogP contribution in [0.1, 0.15) is 36.6 Å². The van der Waals surface area contributed by atoms with Crippen LogP contribution in [0.4, 0.5) is 10.2 Å². The molecule has 0 radical (unpaired) electrons. The lowest BCUT2D eigenvalue weighted by atomic mass is 9.95. The molecular formula is C30H38FN5O3S. The van der Waals surface area contributed by atoms with E-state index in [4.69, 9.17) is 15.6 Å². The molecule has 3 N–H and O–H groups in total. The Morgan fingerprint density at radius 1 is 1.05 bits per heavy atom. The molecule has 3 heterocycles. The zero-order chi connectivity index (χ0) is 28.7. The maximum absolute atomic E-state index is 12.8. The van der Waals surface area contributed by atoms with E-state index in [0.717, 1.165) is 48.7 Å². The Labute approximate surface area is 238 Å². The molecule has 0 aliphatic carbocycles. The molecule has 0 saturated carbocycles. The third-order valence-electron chi connectivity index (χ3n) is 7.06. The maximum Gasteiger partial charge on any atom is 0.296 e. The normalized spacial score (nSPS) is 20.6. The van der Waals surface area contributed by atoms with Crippen LogP contribution < -0.4 is 10.6 Å². The predicted molar refractivity (Wildman–Crippen MR) is 159 cm³/mol. The summed E-state index contributed by atoms with van der Waals surface area (Å²) in [5.41, 5.74) is 8.66. The van der Waals surface area contributed by atoms with Crippen molar-refractivity contribution in [1.29, 1.82) is 0 Å². The van der Waals surface area contributed by atoms with Crippen molar-refractivity contribution in [2.75, 3.05) is 44.7 Å². The third kappa shape index (κ3) is 7.44. The van der Waals surface area contributed by atoms with Gasteiger partial charge in [-0.1, -0.05) is 42.5 Å². The summed E-state index contributed by atoms with van der Waals surface area (Å²) in [7, 11) is 0.676. The first-order valence-corrected chi connectivity index (χ1v) is 14.6. The van der Waals surface area contributed by atoms with Gasteiger partial charge in [0.15, 0.2) is 11.0 Å². The first-order chi connectivity index (χ1) is 19.2. The van der Waals surface area contributed by atoms with Gasteiger partial charge < -0.3 is 25.4 Å². The van der Waals surface area contributed by atoms with Gasteiger partial charge in [-0.2, -0.15) is 0 Å². The smallest absolute Gasteiger partial charge is 0.296 e. The van der Waals surface area contributed by atoms with E-state index in [0.29, 0.717) is 18.4 Å². The summed E-state index contributed by atoms with van der Waals surface area (Å²) < 4.78 is 34.9. The van der Waals surface area contributed by atoms with Crippen LogP contribution in [0.25, 0.3) is 11.1 Å². The molecule has 2 aliphatic heterocycles. The Bertz CT molecular complexity index is 1310. The second-order valence-electron chi connectivity index (χ2n) is 10.5. The second-order valence-corrected chi connectivity index (χ2v) is 11.7. The number of pyridine rings is 1. The Morgan fingerprint density at radius 2 is 1.73 bits per heavy atom. The van der Waals surface area contributed by atoms with Crippen LogP contribution in [0, 0.1) is 5.82 Å². The van der Waals surface area contributed by atoms with Gasteiger partial charge in [-0.15, -0.1) is 4.40 Å². The van der Waals surface area contributed by atoms with Crippen LogP contribution in [0.3, 0.4) is 0 Å². The number of aliphatic hydroxyl groups is 1. The van der Waals surface area contributed by atoms with Gasteiger partial charge in [0.1, 0.15) is 22.5 Å². The molecule has 2 aromatic carbocycles. The number of rotatable bonds is 6. The summed E-state index contributed by atoms with van der Waals surface area (Å²) in [6.45, 7) is 8.00. The molecule has 1 saturated heterocycles. The van der Waals surface area contributed by atoms with Crippen molar-refractivity contribution < 1.29 is 18.4 Å². The van der Waals surface area contributed by atoms with Gasteiger partial charge in [-0.3, -0.25) is 0 Å². The number of nitrogens with zero attached hydrogens (tertiary/aromatic N) is 4. The van der Waals surface area contributed by atoms with Crippen LogP contribution in [0.5, 0.6) is 0 Å². The summed E-state index contributed by atoms with van der Waals surface area (Å²) in [6, 6.07) is 18.8. The number of aromatic nitrogens is 1. The molecule has 5 rings (SSSR count). The fourth-order valence-electron chi connectivity index (χ4n) is 4.84. The van der Waals surface area contributed by atoms with E-state index in [1.54, 1.807) is 18.2 Å². The number of amidine groups is 1. The van der Waals surface area contributed by atoms with Crippen molar-refractivity contribution in [3.8, 4) is 11.1 Å². The molecule has 3 aromatic rings. The van der Waals surface area contributed by atoms with Crippen molar-refractivity contribution in [2.24, 2.45) is 10.1 Å². The van der Waals surface area contributed by atoms with E-state index in [9.17, 15) is 8.60 Å². The van der Waals surface area contributed by atoms with Gasteiger partial charge in [0.25, 0.3) is 6.02 Å². The average molecular weight is 568 g/mol. The highest BCUT2D eigenvalue weighted by Gasteiger charge is 2.41. The SMILES string of the molecule is CN1CCN(c2ccc(-c3ccc(C4S(=O)N=C(N)OC4(C)C)cc3)cn2)CC1.OCCCc1ccccc1F. The van der Waals surface area contributed by atoms with Crippen molar-refractivity contribution >= 4 is 22.8 Å². The number of ether oxygens (including phenoxy) is 1. The highest BCUT2D eigenvalue weighted by atomic mass is 32.2. The molecule has 0 spiro atoms. The highest BCUT2D eigenvalue weighted by molar-refractivity contribution is 7.84. The van der Waals surface area contributed by atoms with Crippen LogP contribution in [0.2, 0.25) is 0 Å². The third-order valence-corrected chi connectivity index (χ3v) is 8.67. The van der Waals surface area contributed by atoms with Gasteiger partial charge >= 0.3 is 0 Å². The number of benzene rings is 2. The molecule has 40 heavy (non-hydrogen) atoms. The predicted octanol–water partition coefficient (Wildman–Crippen LogP) is 4.08. The largest absolute Gasteiger partial charge is 0.457 e. The van der Waals surface area contributed by atoms with Gasteiger partial charge in [0.05, 0.1) is 0 Å². The van der Waals surface area contributed by atoms with Gasteiger partial charge in [-0.05, 0) is 68.6 Å². The van der Waals surface area contributed by atoms with Crippen molar-refractivity contribution in [1.82, 2.24) is 9.88 Å². The Balaban J connectivity index is 0.000000283. The molecule has 214 valence electrons. The van der Waals surface area contributed by atoms with E-state index in [2.05, 4.69) is 38.4 Å². The molecule has 10 heteroatoms. The molecule has 2 aliphatic rings. The standard InChI is InChI=1S/C21H27N5O2S.C9H11FO/c1-21(2)19(29(27)24-20(22)28-21)16-6-4-15(5-7-16)17-8-9-18(23-14-17)26-12-10-25(3)11-13-26;10-9-6-2-1-4-8(9)5-3-7-11/h4-9,14,19H,10-13H2,1-3H3,(H2,22,24);1-2,4,6,11H,3,5,7H2. The second kappa shape index (κ2) is 13.3. The van der Waals surface area contributed by atoms with E-state index in [1.807, 2.05) is 44.3 Å². The van der Waals surface area contributed by atoms with Crippen molar-refractivity contribution in [2.45, 2.75) is 37.5 Å². The summed E-state index contributed by atoms with van der Waals surface area (Å²) in [5, 5.41) is 8.12. The molecule has 0 amide bonds. The number of piperazine rings is 1. The topological polar surface area (TPSA) is 104 Å². The van der Waals surface area contributed by atoms with Crippen molar-refractivity contribution in [3.05, 3.63) is 83.8 Å². The van der Waals surface area contributed by atoms with E-state index in [1.165, 1.54) is 6.07 Å². The maximum atomic E-state index is 12.8. The molecular weight excluding hydrogens is 529 g/mol. The fraction of sp³-hybridized carbons (Fsp3) is 0.400. The number of halogens is 1. The minimum absolute atomic E-state index is 0.0206. The fourth-order valence-corrected chi connectivity index (χ4v) is 6.09. The summed E-state index contributed by atoms with van der Waals surface area (Å²) in [5.74, 6) is 0.839. The van der Waals surface area contributed by atoms with Crippen molar-refractivity contribution in [3.63, 3.8) is 0 Å². The number of aliphatic hydroxyl groups excluding tert-OH is 1. The van der Waals surface area contributed by atoms with Crippen LogP contribution >= 0.6 is 0 Å². The highest BCUT2D eigenvalue weighted by Crippen LogP contribution is 2.38. The Morgan fingerprint density at radius 3 is 2.33 bits per heavy atom. The molecule has 8 nitrogen and oxygen atoms in total. The lowest BCUT2D eigenvalue weighted by Gasteiger charge is -2.35. The van der Waals surface area contributed by atoms with Gasteiger partial charge in [0.2, 0.25) is 0 Å². The first kappa shape index (κ1) is 29.6. The summed E-state index contributed by atoms with van der Waals surface area (Å²) in [4.78, 5) is 9.32. The number of aryl methyl sites for hydroxylation is 1. The number of hydrogen-bond donors (Lipinski definition) is 2. The minimum atomic E-state index is -1.47. The molecule has 1 fully saturated rings. The number of anilines is 1. The zero-order valence-corrected chi connectivity index (χ0v) is 24.1. The lowest BCUT2D eigenvalue weighted by molar-refractivity contribution is 0.0848. The lowest BCUT2D eigenvalue weighted by Crippen LogP contribution is -2.44. The number of nitrogens with two attached hydrogens (primary N) is 1. The summed E-state index contributed by atoms with van der Waals surface area (Å²) in [6.07, 6.45) is 3.16. The first-order valence-electron chi connectivity index (χ1n) is 13.5. The minimum Gasteiger partial charge on any atom is -0.457 e. The van der Waals surface area contributed by atoms with Gasteiger partial charge in [0, 0.05) is 44.5 Å². The van der Waals surface area contributed by atoms with Crippen LogP contribution in [0.15, 0.2) is 71.3 Å². The molecule has 0 bridgehead atoms. The average Bonchev–Trinajstić information content (AvgIpc) is 2.93. The molecule has 1 aromatic heterocycles. The Hall–Kier alpha value is -3.34. The summed E-state index contributed by atoms with van der Waals surface area (Å²) >= 11 is 0. The number of hydrogen-bond acceptors (Lipinski definition) is 7. The van der Waals surface area contributed by atoms with E-state index >= 15 is 0 Å². The van der Waals surface area contributed by atoms with Crippen LogP contribution in [-0.4, -0.2) is 70.7 Å². The molecule has 2 atom stereocenters. The van der Waals surface area contributed by atoms with Crippen LogP contribution in [-0.2, 0) is 22.1 Å². The monoisotopic (exact) mass is 567 g/mol. The van der Waals surface area contributed by atoms with Gasteiger partial charge in [-0.25, -0.2) is 13.6 Å². The number of likely N-dealkylation sites (N-methyl/N-ethyl adjacent to an activating group) is 1. The molecule has 2 unspecified atom stereocenters. The van der Waals surface area contributed by atoms with E-state index in [-0.39, 0.29) is 23.7 Å². The van der Waals surface area contributed by atoms with E-state index < -0.39 is 16.6 Å². The quantitative estimate of drug-likeness (QED) is 0.463.